The second-order valence-electron chi connectivity index (χ2n) is 13.7. The van der Waals surface area contributed by atoms with Gasteiger partial charge in [-0.25, -0.2) is 0 Å². The van der Waals surface area contributed by atoms with Crippen molar-refractivity contribution in [3.63, 3.8) is 0 Å². The molecule has 31 heavy (non-hydrogen) atoms. The van der Waals surface area contributed by atoms with Crippen molar-refractivity contribution >= 4 is 0 Å². The Morgan fingerprint density at radius 1 is 0.806 bits per heavy atom. The highest BCUT2D eigenvalue weighted by Gasteiger charge is 2.61. The summed E-state index contributed by atoms with van der Waals surface area (Å²) in [4.78, 5) is 0. The van der Waals surface area contributed by atoms with Crippen molar-refractivity contribution in [1.82, 2.24) is 0 Å². The molecule has 5 unspecified atom stereocenters. The van der Waals surface area contributed by atoms with Gasteiger partial charge in [0.15, 0.2) is 0 Å². The molecule has 0 bridgehead atoms. The van der Waals surface area contributed by atoms with Crippen molar-refractivity contribution in [3.05, 3.63) is 0 Å². The Labute approximate surface area is 194 Å². The van der Waals surface area contributed by atoms with E-state index in [1.807, 2.05) is 0 Å². The highest BCUT2D eigenvalue weighted by Crippen LogP contribution is 2.69. The lowest BCUT2D eigenvalue weighted by molar-refractivity contribution is -0.149. The molecule has 1 heteroatoms. The molecule has 0 spiro atoms. The van der Waals surface area contributed by atoms with Gasteiger partial charge in [0.25, 0.3) is 0 Å². The molecule has 4 aliphatic carbocycles. The second-order valence-corrected chi connectivity index (χ2v) is 13.7. The van der Waals surface area contributed by atoms with Gasteiger partial charge < -0.3 is 5.11 Å². The summed E-state index contributed by atoms with van der Waals surface area (Å²) in [6, 6.07) is 0. The van der Waals surface area contributed by atoms with E-state index in [0.717, 1.165) is 53.8 Å². The molecule has 11 atom stereocenters. The average Bonchev–Trinajstić information content (AvgIpc) is 3.08. The van der Waals surface area contributed by atoms with E-state index >= 15 is 0 Å². The molecular formula is C30H54O. The van der Waals surface area contributed by atoms with Crippen LogP contribution in [0.2, 0.25) is 0 Å². The number of hydrogen-bond donors (Lipinski definition) is 1. The molecule has 0 aromatic carbocycles. The van der Waals surface area contributed by atoms with Crippen LogP contribution in [0.1, 0.15) is 119 Å². The molecule has 0 amide bonds. The van der Waals surface area contributed by atoms with Gasteiger partial charge in [0, 0.05) is 0 Å². The van der Waals surface area contributed by atoms with Crippen molar-refractivity contribution in [2.45, 2.75) is 125 Å². The van der Waals surface area contributed by atoms with Gasteiger partial charge in [0.1, 0.15) is 0 Å². The molecule has 4 rings (SSSR count). The van der Waals surface area contributed by atoms with Crippen LogP contribution >= 0.6 is 0 Å². The minimum Gasteiger partial charge on any atom is -0.393 e. The maximum Gasteiger partial charge on any atom is 0.0568 e. The van der Waals surface area contributed by atoms with Crippen LogP contribution in [0.15, 0.2) is 0 Å². The van der Waals surface area contributed by atoms with Crippen LogP contribution in [0.25, 0.3) is 0 Å². The summed E-state index contributed by atoms with van der Waals surface area (Å²) >= 11 is 0. The highest BCUT2D eigenvalue weighted by molar-refractivity contribution is 5.10. The smallest absolute Gasteiger partial charge is 0.0568 e. The van der Waals surface area contributed by atoms with E-state index in [-0.39, 0.29) is 6.10 Å². The monoisotopic (exact) mass is 430 g/mol. The number of aliphatic hydroxyl groups is 1. The van der Waals surface area contributed by atoms with Gasteiger partial charge in [0.2, 0.25) is 0 Å². The quantitative estimate of drug-likeness (QED) is 0.449. The standard InChI is InChI=1S/C30H54O/c1-8-22(19(2)3)10-9-20(4)24-13-14-26-23-11-12-25-21(5)28(31)16-18-30(25,7)27(23)15-17-29(24,26)6/h19-28,31H,8-18H2,1-7H3/t20?,21?,22-,23?,24-,25+,26?,27?,28+,29-,30+/m1/s1. The van der Waals surface area contributed by atoms with Gasteiger partial charge in [0.05, 0.1) is 6.10 Å². The molecule has 1 N–H and O–H groups in total. The Morgan fingerprint density at radius 2 is 1.45 bits per heavy atom. The topological polar surface area (TPSA) is 20.2 Å². The van der Waals surface area contributed by atoms with E-state index in [4.69, 9.17) is 0 Å². The Balaban J connectivity index is 1.46. The first-order valence-electron chi connectivity index (χ1n) is 14.3. The molecule has 4 saturated carbocycles. The molecule has 180 valence electrons. The van der Waals surface area contributed by atoms with Crippen LogP contribution in [0.5, 0.6) is 0 Å². The predicted octanol–water partition coefficient (Wildman–Crippen LogP) is 8.35. The Kier molecular flexibility index (Phi) is 6.96. The van der Waals surface area contributed by atoms with E-state index in [9.17, 15) is 5.11 Å². The lowest BCUT2D eigenvalue weighted by atomic mass is 9.43. The minimum atomic E-state index is -0.0435. The molecule has 1 nitrogen and oxygen atoms in total. The van der Waals surface area contributed by atoms with Crippen molar-refractivity contribution < 1.29 is 5.11 Å². The van der Waals surface area contributed by atoms with E-state index < -0.39 is 0 Å². The van der Waals surface area contributed by atoms with Crippen molar-refractivity contribution in [1.29, 1.82) is 0 Å². The fourth-order valence-electron chi connectivity index (χ4n) is 10.4. The van der Waals surface area contributed by atoms with Crippen molar-refractivity contribution in [3.8, 4) is 0 Å². The second kappa shape index (κ2) is 8.96. The van der Waals surface area contributed by atoms with Crippen molar-refractivity contribution in [2.75, 3.05) is 0 Å². The number of fused-ring (bicyclic) bond motifs is 5. The largest absolute Gasteiger partial charge is 0.393 e. The van der Waals surface area contributed by atoms with Crippen LogP contribution in [-0.2, 0) is 0 Å². The molecule has 4 fully saturated rings. The first-order chi connectivity index (χ1) is 14.6. The first-order valence-corrected chi connectivity index (χ1v) is 14.3. The van der Waals surface area contributed by atoms with Crippen LogP contribution in [0, 0.1) is 64.1 Å². The molecule has 0 heterocycles. The zero-order chi connectivity index (χ0) is 22.6. The number of aliphatic hydroxyl groups excluding tert-OH is 1. The van der Waals surface area contributed by atoms with Gasteiger partial charge in [-0.15, -0.1) is 0 Å². The fraction of sp³-hybridized carbons (Fsp3) is 1.00. The zero-order valence-electron chi connectivity index (χ0n) is 22.0. The third-order valence-electron chi connectivity index (χ3n) is 12.4. The number of rotatable bonds is 6. The Hall–Kier alpha value is -0.0400. The summed E-state index contributed by atoms with van der Waals surface area (Å²) in [5, 5.41) is 10.6. The van der Waals surface area contributed by atoms with Gasteiger partial charge >= 0.3 is 0 Å². The third-order valence-corrected chi connectivity index (χ3v) is 12.4. The molecule has 0 aromatic heterocycles. The van der Waals surface area contributed by atoms with E-state index in [0.29, 0.717) is 16.7 Å². The van der Waals surface area contributed by atoms with Crippen LogP contribution in [0.3, 0.4) is 0 Å². The normalized spacial score (nSPS) is 49.3. The Bertz CT molecular complexity index is 612. The number of hydrogen-bond acceptors (Lipinski definition) is 1. The van der Waals surface area contributed by atoms with Gasteiger partial charge in [-0.05, 0) is 122 Å². The van der Waals surface area contributed by atoms with Crippen molar-refractivity contribution in [2.24, 2.45) is 64.1 Å². The van der Waals surface area contributed by atoms with Crippen LogP contribution < -0.4 is 0 Å². The average molecular weight is 431 g/mol. The highest BCUT2D eigenvalue weighted by atomic mass is 16.3. The zero-order valence-corrected chi connectivity index (χ0v) is 22.0. The summed E-state index contributed by atoms with van der Waals surface area (Å²) in [5.41, 5.74) is 1.10. The molecule has 0 radical (unpaired) electrons. The summed E-state index contributed by atoms with van der Waals surface area (Å²) in [6.07, 6.45) is 15.3. The van der Waals surface area contributed by atoms with Crippen LogP contribution in [0.4, 0.5) is 0 Å². The SMILES string of the molecule is CC[C@H](CCC(C)[C@H]1CCC2C3CC[C@H]4C(C)[C@@H](O)CC[C@]4(C)C3CC[C@@]21C)C(C)C. The minimum absolute atomic E-state index is 0.0435. The van der Waals surface area contributed by atoms with Gasteiger partial charge in [-0.2, -0.15) is 0 Å². The molecular weight excluding hydrogens is 376 g/mol. The lowest BCUT2D eigenvalue weighted by Crippen LogP contribution is -2.56. The summed E-state index contributed by atoms with van der Waals surface area (Å²) in [5.74, 6) is 7.77. The maximum absolute atomic E-state index is 10.6. The van der Waals surface area contributed by atoms with E-state index in [1.54, 1.807) is 0 Å². The Morgan fingerprint density at radius 3 is 2.13 bits per heavy atom. The predicted molar refractivity (Wildman–Crippen MR) is 133 cm³/mol. The fourth-order valence-corrected chi connectivity index (χ4v) is 10.4. The summed E-state index contributed by atoms with van der Waals surface area (Å²) in [6.45, 7) is 17.6. The molecule has 0 saturated heterocycles. The van der Waals surface area contributed by atoms with E-state index in [1.165, 1.54) is 64.2 Å². The van der Waals surface area contributed by atoms with Gasteiger partial charge in [-0.3, -0.25) is 0 Å². The first kappa shape index (κ1) is 24.1. The summed E-state index contributed by atoms with van der Waals surface area (Å²) in [7, 11) is 0. The summed E-state index contributed by atoms with van der Waals surface area (Å²) < 4.78 is 0. The van der Waals surface area contributed by atoms with Crippen LogP contribution in [-0.4, -0.2) is 11.2 Å². The molecule has 0 aromatic rings. The van der Waals surface area contributed by atoms with Gasteiger partial charge in [-0.1, -0.05) is 61.3 Å². The maximum atomic E-state index is 10.6. The molecule has 0 aliphatic heterocycles. The third kappa shape index (κ3) is 3.95. The lowest BCUT2D eigenvalue weighted by Gasteiger charge is -2.62. The van der Waals surface area contributed by atoms with E-state index in [2.05, 4.69) is 48.5 Å². The molecule has 4 aliphatic rings.